The van der Waals surface area contributed by atoms with Crippen molar-refractivity contribution in [1.82, 2.24) is 10.3 Å². The predicted molar refractivity (Wildman–Crippen MR) is 90.6 cm³/mol. The van der Waals surface area contributed by atoms with E-state index in [1.54, 1.807) is 18.4 Å². The van der Waals surface area contributed by atoms with E-state index in [4.69, 9.17) is 10.2 Å². The van der Waals surface area contributed by atoms with Crippen LogP contribution >= 0.6 is 0 Å². The third-order valence-corrected chi connectivity index (χ3v) is 5.94. The zero-order chi connectivity index (χ0) is 16.6. The van der Waals surface area contributed by atoms with E-state index < -0.39 is 0 Å². The zero-order valence-electron chi connectivity index (χ0n) is 13.8. The van der Waals surface area contributed by atoms with Gasteiger partial charge in [-0.2, -0.15) is 0 Å². The van der Waals surface area contributed by atoms with Gasteiger partial charge in [0.15, 0.2) is 0 Å². The van der Waals surface area contributed by atoms with Gasteiger partial charge in [-0.15, -0.1) is 0 Å². The van der Waals surface area contributed by atoms with Gasteiger partial charge in [0.25, 0.3) is 0 Å². The van der Waals surface area contributed by atoms with E-state index in [-0.39, 0.29) is 5.82 Å². The highest BCUT2D eigenvalue weighted by atomic mass is 19.1. The maximum atomic E-state index is 13.0. The zero-order valence-corrected chi connectivity index (χ0v) is 13.8. The van der Waals surface area contributed by atoms with Crippen molar-refractivity contribution in [3.8, 4) is 11.5 Å². The van der Waals surface area contributed by atoms with Crippen LogP contribution in [0.25, 0.3) is 11.5 Å². The molecule has 0 amide bonds. The molecule has 2 unspecified atom stereocenters. The van der Waals surface area contributed by atoms with Gasteiger partial charge in [0.05, 0.1) is 5.69 Å². The Kier molecular flexibility index (Phi) is 4.14. The Bertz CT molecular complexity index is 693. The highest BCUT2D eigenvalue weighted by Gasteiger charge is 2.50. The van der Waals surface area contributed by atoms with Gasteiger partial charge in [0.2, 0.25) is 5.89 Å². The van der Waals surface area contributed by atoms with E-state index in [9.17, 15) is 4.39 Å². The molecule has 4 nitrogen and oxygen atoms in total. The molecule has 4 rings (SSSR count). The van der Waals surface area contributed by atoms with Crippen LogP contribution < -0.4 is 11.1 Å². The largest absolute Gasteiger partial charge is 0.444 e. The van der Waals surface area contributed by atoms with Crippen LogP contribution in [0.3, 0.4) is 0 Å². The van der Waals surface area contributed by atoms with Crippen LogP contribution in [0.15, 0.2) is 34.9 Å². The quantitative estimate of drug-likeness (QED) is 0.881. The Morgan fingerprint density at radius 2 is 2.04 bits per heavy atom. The molecule has 0 radical (unpaired) electrons. The molecule has 1 aromatic heterocycles. The van der Waals surface area contributed by atoms with Gasteiger partial charge in [0.1, 0.15) is 12.1 Å². The third-order valence-electron chi connectivity index (χ3n) is 5.94. The minimum absolute atomic E-state index is 0.257. The summed E-state index contributed by atoms with van der Waals surface area (Å²) in [7, 11) is 0. The lowest BCUT2D eigenvalue weighted by molar-refractivity contribution is 0.0881. The van der Waals surface area contributed by atoms with Crippen LogP contribution in [0.1, 0.15) is 37.8 Å². The molecule has 2 aromatic rings. The fraction of sp³-hybridized carbons (Fsp3) is 0.526. The van der Waals surface area contributed by atoms with E-state index >= 15 is 0 Å². The molecule has 3 N–H and O–H groups in total. The summed E-state index contributed by atoms with van der Waals surface area (Å²) in [5.74, 6) is 0.841. The van der Waals surface area contributed by atoms with E-state index in [0.29, 0.717) is 29.8 Å². The predicted octanol–water partition coefficient (Wildman–Crippen LogP) is 3.48. The number of nitrogens with zero attached hydrogens (tertiary/aromatic N) is 1. The Labute approximate surface area is 141 Å². The van der Waals surface area contributed by atoms with Gasteiger partial charge < -0.3 is 15.5 Å². The lowest BCUT2D eigenvalue weighted by Gasteiger charge is -2.45. The average molecular weight is 329 g/mol. The maximum Gasteiger partial charge on any atom is 0.226 e. The Morgan fingerprint density at radius 3 is 2.71 bits per heavy atom. The second kappa shape index (κ2) is 6.30. The molecule has 0 saturated heterocycles. The van der Waals surface area contributed by atoms with Crippen LogP contribution in [-0.2, 0) is 6.54 Å². The summed E-state index contributed by atoms with van der Waals surface area (Å²) in [6.07, 6.45) is 8.20. The van der Waals surface area contributed by atoms with Crippen LogP contribution in [0.5, 0.6) is 0 Å². The van der Waals surface area contributed by atoms with Gasteiger partial charge >= 0.3 is 0 Å². The first-order valence-corrected chi connectivity index (χ1v) is 8.84. The molecule has 5 heteroatoms. The van der Waals surface area contributed by atoms with Crippen LogP contribution in [0.4, 0.5) is 4.39 Å². The number of nitrogens with one attached hydrogen (secondary N) is 1. The van der Waals surface area contributed by atoms with Gasteiger partial charge in [-0.3, -0.25) is 0 Å². The number of halogens is 1. The lowest BCUT2D eigenvalue weighted by atomic mass is 9.64. The van der Waals surface area contributed by atoms with Gasteiger partial charge in [0, 0.05) is 18.2 Å². The van der Waals surface area contributed by atoms with Crippen molar-refractivity contribution >= 4 is 0 Å². The van der Waals surface area contributed by atoms with Gasteiger partial charge in [-0.1, -0.05) is 6.42 Å². The van der Waals surface area contributed by atoms with Crippen LogP contribution in [-0.4, -0.2) is 17.6 Å². The average Bonchev–Trinajstić information content (AvgIpc) is 3.17. The topological polar surface area (TPSA) is 64.1 Å². The van der Waals surface area contributed by atoms with Crippen molar-refractivity contribution in [2.45, 2.75) is 44.7 Å². The molecular formula is C19H24FN3O. The molecule has 128 valence electrons. The van der Waals surface area contributed by atoms with Crippen LogP contribution in [0.2, 0.25) is 0 Å². The Hall–Kier alpha value is -1.72. The number of aromatic nitrogens is 1. The summed E-state index contributed by atoms with van der Waals surface area (Å²) in [6.45, 7) is 1.44. The first-order chi connectivity index (χ1) is 11.7. The standard InChI is InChI=1S/C19H24FN3O/c20-15-4-2-13(3-5-15)18-23-16(12-24-18)11-22-17-14(10-21)6-9-19(17)7-1-8-19/h2-5,12,14,17,22H,1,6-11,21H2. The second-order valence-corrected chi connectivity index (χ2v) is 7.26. The highest BCUT2D eigenvalue weighted by molar-refractivity contribution is 5.52. The lowest BCUT2D eigenvalue weighted by Crippen LogP contribution is -2.49. The number of rotatable bonds is 5. The Morgan fingerprint density at radius 1 is 1.25 bits per heavy atom. The molecule has 1 aromatic carbocycles. The summed E-state index contributed by atoms with van der Waals surface area (Å²) in [4.78, 5) is 4.53. The van der Waals surface area contributed by atoms with E-state index in [2.05, 4.69) is 10.3 Å². The summed E-state index contributed by atoms with van der Waals surface area (Å²) < 4.78 is 18.6. The number of hydrogen-bond donors (Lipinski definition) is 2. The minimum atomic E-state index is -0.257. The fourth-order valence-corrected chi connectivity index (χ4v) is 4.45. The highest BCUT2D eigenvalue weighted by Crippen LogP contribution is 2.55. The molecule has 2 aliphatic carbocycles. The molecule has 1 heterocycles. The van der Waals surface area contributed by atoms with E-state index in [1.165, 1.54) is 44.2 Å². The molecule has 0 bridgehead atoms. The summed E-state index contributed by atoms with van der Waals surface area (Å²) in [6, 6.07) is 6.69. The minimum Gasteiger partial charge on any atom is -0.444 e. The smallest absolute Gasteiger partial charge is 0.226 e. The molecule has 2 aliphatic rings. The number of hydrogen-bond acceptors (Lipinski definition) is 4. The maximum absolute atomic E-state index is 13.0. The van der Waals surface area contributed by atoms with Crippen molar-refractivity contribution in [3.63, 3.8) is 0 Å². The first-order valence-electron chi connectivity index (χ1n) is 8.84. The van der Waals surface area contributed by atoms with Crippen molar-refractivity contribution in [1.29, 1.82) is 0 Å². The van der Waals surface area contributed by atoms with E-state index in [0.717, 1.165) is 17.8 Å². The summed E-state index contributed by atoms with van der Waals surface area (Å²) in [5.41, 5.74) is 8.12. The summed E-state index contributed by atoms with van der Waals surface area (Å²) in [5, 5.41) is 3.70. The first kappa shape index (κ1) is 15.8. The number of oxazole rings is 1. The van der Waals surface area contributed by atoms with E-state index in [1.807, 2.05) is 0 Å². The molecule has 1 spiro atoms. The SMILES string of the molecule is NCC1CCC2(CCC2)C1NCc1coc(-c2ccc(F)cc2)n1. The van der Waals surface area contributed by atoms with Gasteiger partial charge in [-0.05, 0) is 67.8 Å². The van der Waals surface area contributed by atoms with Gasteiger partial charge in [-0.25, -0.2) is 9.37 Å². The number of benzene rings is 1. The molecular weight excluding hydrogens is 305 g/mol. The van der Waals surface area contributed by atoms with Crippen molar-refractivity contribution in [2.75, 3.05) is 6.54 Å². The van der Waals surface area contributed by atoms with Crippen molar-refractivity contribution in [3.05, 3.63) is 42.0 Å². The second-order valence-electron chi connectivity index (χ2n) is 7.26. The van der Waals surface area contributed by atoms with Crippen molar-refractivity contribution < 1.29 is 8.81 Å². The molecule has 0 aliphatic heterocycles. The monoisotopic (exact) mass is 329 g/mol. The fourth-order valence-electron chi connectivity index (χ4n) is 4.45. The molecule has 24 heavy (non-hydrogen) atoms. The Balaban J connectivity index is 1.43. The van der Waals surface area contributed by atoms with Crippen LogP contribution in [0, 0.1) is 17.2 Å². The molecule has 2 fully saturated rings. The summed E-state index contributed by atoms with van der Waals surface area (Å²) >= 11 is 0. The molecule has 2 saturated carbocycles. The molecule has 2 atom stereocenters. The van der Waals surface area contributed by atoms with Crippen molar-refractivity contribution in [2.24, 2.45) is 17.1 Å². The number of nitrogens with two attached hydrogens (primary N) is 1. The normalized spacial score (nSPS) is 25.1. The third kappa shape index (κ3) is 2.76.